The number of carbonyl (C=O) groups is 1. The molecule has 2 aliphatic heterocycles. The Balaban J connectivity index is 1.20. The van der Waals surface area contributed by atoms with Gasteiger partial charge in [-0.1, -0.05) is 30.3 Å². The molecule has 2 aliphatic rings. The number of rotatable bonds is 3. The third-order valence-corrected chi connectivity index (χ3v) is 6.50. The van der Waals surface area contributed by atoms with Crippen LogP contribution in [0.2, 0.25) is 0 Å². The molecule has 150 valence electrons. The summed E-state index contributed by atoms with van der Waals surface area (Å²) in [5.41, 5.74) is 4.24. The molecule has 4 heterocycles. The van der Waals surface area contributed by atoms with Crippen LogP contribution in [-0.4, -0.2) is 45.3 Å². The largest absolute Gasteiger partial charge is 0.362 e. The number of Topliss-reactive ketones (excluding diaryl/α,β-unsaturated/α-hetero) is 1. The monoisotopic (exact) mass is 397 g/mol. The summed E-state index contributed by atoms with van der Waals surface area (Å²) in [4.78, 5) is 27.5. The number of likely N-dealkylation sites (tertiary alicyclic amines) is 1. The lowest BCUT2D eigenvalue weighted by Gasteiger charge is -2.31. The predicted molar refractivity (Wildman–Crippen MR) is 118 cm³/mol. The highest BCUT2D eigenvalue weighted by atomic mass is 16.1. The van der Waals surface area contributed by atoms with E-state index in [1.807, 2.05) is 18.2 Å². The first kappa shape index (κ1) is 17.6. The van der Waals surface area contributed by atoms with Gasteiger partial charge in [0.2, 0.25) is 0 Å². The standard InChI is InChI=1S/C24H23N5O/c30-21-13-26-24-23-17(21)5-3-7-20(23)27-22(28-24)14-29-10-8-15(9-11-29)18-12-25-19-6-2-1-4-16(18)19/h1-7,12,15,25H,8-11,13-14H2,(H,26,27,28). The van der Waals surface area contributed by atoms with Crippen molar-refractivity contribution in [2.75, 3.05) is 25.0 Å². The molecule has 2 aromatic carbocycles. The normalized spacial score (nSPS) is 17.5. The Labute approximate surface area is 174 Å². The van der Waals surface area contributed by atoms with E-state index in [4.69, 9.17) is 9.97 Å². The van der Waals surface area contributed by atoms with Crippen LogP contribution in [0.1, 0.15) is 40.5 Å². The van der Waals surface area contributed by atoms with E-state index in [0.717, 1.165) is 60.6 Å². The zero-order valence-corrected chi connectivity index (χ0v) is 16.7. The van der Waals surface area contributed by atoms with Gasteiger partial charge in [-0.25, -0.2) is 9.97 Å². The average Bonchev–Trinajstić information content (AvgIpc) is 3.21. The number of ketones is 1. The lowest BCUT2D eigenvalue weighted by atomic mass is 9.89. The summed E-state index contributed by atoms with van der Waals surface area (Å²) < 4.78 is 0. The second kappa shape index (κ2) is 6.92. The van der Waals surface area contributed by atoms with Crippen LogP contribution in [0.25, 0.3) is 21.8 Å². The van der Waals surface area contributed by atoms with Crippen molar-refractivity contribution in [3.05, 3.63) is 65.6 Å². The molecule has 0 unspecified atom stereocenters. The fourth-order valence-electron chi connectivity index (χ4n) is 4.96. The van der Waals surface area contributed by atoms with Gasteiger partial charge in [0, 0.05) is 22.7 Å². The zero-order chi connectivity index (χ0) is 20.1. The topological polar surface area (TPSA) is 73.9 Å². The molecule has 6 rings (SSSR count). The zero-order valence-electron chi connectivity index (χ0n) is 16.7. The van der Waals surface area contributed by atoms with Gasteiger partial charge in [-0.3, -0.25) is 9.69 Å². The third-order valence-electron chi connectivity index (χ3n) is 6.50. The summed E-state index contributed by atoms with van der Waals surface area (Å²) in [5, 5.41) is 5.38. The van der Waals surface area contributed by atoms with Crippen LogP contribution in [0.5, 0.6) is 0 Å². The maximum Gasteiger partial charge on any atom is 0.182 e. The number of nitrogens with zero attached hydrogens (tertiary/aromatic N) is 3. The van der Waals surface area contributed by atoms with Crippen molar-refractivity contribution in [2.45, 2.75) is 25.3 Å². The lowest BCUT2D eigenvalue weighted by molar-refractivity contribution is 0.101. The van der Waals surface area contributed by atoms with Crippen molar-refractivity contribution in [3.8, 4) is 0 Å². The molecule has 6 heteroatoms. The summed E-state index contributed by atoms with van der Waals surface area (Å²) in [6.45, 7) is 3.11. The van der Waals surface area contributed by atoms with E-state index in [9.17, 15) is 4.79 Å². The van der Waals surface area contributed by atoms with Crippen LogP contribution >= 0.6 is 0 Å². The number of nitrogens with one attached hydrogen (secondary N) is 2. The Morgan fingerprint density at radius 2 is 1.90 bits per heavy atom. The predicted octanol–water partition coefficient (Wildman–Crippen LogP) is 4.10. The van der Waals surface area contributed by atoms with E-state index in [2.05, 4.69) is 45.7 Å². The summed E-state index contributed by atoms with van der Waals surface area (Å²) in [6, 6.07) is 14.3. The maximum absolute atomic E-state index is 12.2. The van der Waals surface area contributed by atoms with E-state index in [-0.39, 0.29) is 5.78 Å². The highest BCUT2D eigenvalue weighted by molar-refractivity contribution is 6.15. The SMILES string of the molecule is O=C1CNc2nc(CN3CCC(c4c[nH]c5ccccc45)CC3)nc3cccc1c23. The molecule has 6 nitrogen and oxygen atoms in total. The van der Waals surface area contributed by atoms with Gasteiger partial charge in [0.25, 0.3) is 0 Å². The van der Waals surface area contributed by atoms with Gasteiger partial charge >= 0.3 is 0 Å². The minimum atomic E-state index is 0.101. The van der Waals surface area contributed by atoms with Gasteiger partial charge < -0.3 is 10.3 Å². The Kier molecular flexibility index (Phi) is 4.06. The number of carbonyl (C=O) groups excluding carboxylic acids is 1. The van der Waals surface area contributed by atoms with Crippen LogP contribution in [-0.2, 0) is 6.54 Å². The second-order valence-electron chi connectivity index (χ2n) is 8.30. The van der Waals surface area contributed by atoms with Crippen molar-refractivity contribution < 1.29 is 4.79 Å². The highest BCUT2D eigenvalue weighted by Gasteiger charge is 2.25. The maximum atomic E-state index is 12.2. The number of H-pyrrole nitrogens is 1. The molecule has 0 spiro atoms. The minimum Gasteiger partial charge on any atom is -0.362 e. The second-order valence-corrected chi connectivity index (χ2v) is 8.30. The van der Waals surface area contributed by atoms with Crippen LogP contribution < -0.4 is 5.32 Å². The Morgan fingerprint density at radius 1 is 1.03 bits per heavy atom. The van der Waals surface area contributed by atoms with Gasteiger partial charge in [-0.15, -0.1) is 0 Å². The summed E-state index contributed by atoms with van der Waals surface area (Å²) >= 11 is 0. The van der Waals surface area contributed by atoms with Crippen molar-refractivity contribution in [3.63, 3.8) is 0 Å². The Bertz CT molecular complexity index is 1270. The number of benzene rings is 2. The summed E-state index contributed by atoms with van der Waals surface area (Å²) in [6.07, 6.45) is 4.46. The fourth-order valence-corrected chi connectivity index (χ4v) is 4.96. The molecule has 30 heavy (non-hydrogen) atoms. The lowest BCUT2D eigenvalue weighted by Crippen LogP contribution is -2.33. The van der Waals surface area contributed by atoms with Gasteiger partial charge in [0.15, 0.2) is 5.78 Å². The van der Waals surface area contributed by atoms with Gasteiger partial charge in [0.1, 0.15) is 11.6 Å². The molecular weight excluding hydrogens is 374 g/mol. The molecule has 0 radical (unpaired) electrons. The molecule has 0 saturated carbocycles. The van der Waals surface area contributed by atoms with Crippen LogP contribution in [0.3, 0.4) is 0 Å². The summed E-state index contributed by atoms with van der Waals surface area (Å²) in [5.74, 6) is 2.30. The van der Waals surface area contributed by atoms with Crippen LogP contribution in [0, 0.1) is 0 Å². The number of fused-ring (bicyclic) bond motifs is 1. The molecule has 1 fully saturated rings. The van der Waals surface area contributed by atoms with E-state index >= 15 is 0 Å². The number of para-hydroxylation sites is 1. The van der Waals surface area contributed by atoms with Crippen molar-refractivity contribution in [1.29, 1.82) is 0 Å². The quantitative estimate of drug-likeness (QED) is 0.544. The van der Waals surface area contributed by atoms with E-state index in [0.29, 0.717) is 12.5 Å². The minimum absolute atomic E-state index is 0.101. The smallest absolute Gasteiger partial charge is 0.182 e. The molecule has 1 saturated heterocycles. The number of hydrogen-bond acceptors (Lipinski definition) is 5. The van der Waals surface area contributed by atoms with Crippen molar-refractivity contribution >= 4 is 33.4 Å². The van der Waals surface area contributed by atoms with Gasteiger partial charge in [0.05, 0.1) is 24.0 Å². The number of anilines is 1. The average molecular weight is 397 g/mol. The van der Waals surface area contributed by atoms with Crippen LogP contribution in [0.4, 0.5) is 5.82 Å². The number of piperidine rings is 1. The molecule has 0 bridgehead atoms. The molecule has 0 amide bonds. The molecule has 2 N–H and O–H groups in total. The van der Waals surface area contributed by atoms with Crippen molar-refractivity contribution in [2.24, 2.45) is 0 Å². The third kappa shape index (κ3) is 2.87. The molecule has 0 aliphatic carbocycles. The first-order valence-electron chi connectivity index (χ1n) is 10.6. The molecule has 4 aromatic rings. The van der Waals surface area contributed by atoms with E-state index in [1.165, 1.54) is 16.5 Å². The fraction of sp³-hybridized carbons (Fsp3) is 0.292. The Morgan fingerprint density at radius 3 is 2.80 bits per heavy atom. The number of aromatic nitrogens is 3. The van der Waals surface area contributed by atoms with E-state index in [1.54, 1.807) is 0 Å². The summed E-state index contributed by atoms with van der Waals surface area (Å²) in [7, 11) is 0. The van der Waals surface area contributed by atoms with Crippen molar-refractivity contribution in [1.82, 2.24) is 19.9 Å². The molecular formula is C24H23N5O. The van der Waals surface area contributed by atoms with E-state index < -0.39 is 0 Å². The van der Waals surface area contributed by atoms with Gasteiger partial charge in [-0.05, 0) is 49.5 Å². The van der Waals surface area contributed by atoms with Gasteiger partial charge in [-0.2, -0.15) is 0 Å². The number of aromatic amines is 1. The molecule has 0 atom stereocenters. The first-order valence-corrected chi connectivity index (χ1v) is 10.6. The van der Waals surface area contributed by atoms with Crippen LogP contribution in [0.15, 0.2) is 48.7 Å². The highest BCUT2D eigenvalue weighted by Crippen LogP contribution is 2.34. The first-order chi connectivity index (χ1) is 14.8. The molecule has 2 aromatic heterocycles. The Hall–Kier alpha value is -3.25. The number of hydrogen-bond donors (Lipinski definition) is 2.